The van der Waals surface area contributed by atoms with Crippen LogP contribution in [0.1, 0.15) is 0 Å². The predicted octanol–water partition coefficient (Wildman–Crippen LogP) is 15.9. The van der Waals surface area contributed by atoms with Crippen LogP contribution in [0.3, 0.4) is 0 Å². The third kappa shape index (κ3) is 5.08. The first-order valence-corrected chi connectivity index (χ1v) is 21.5. The molecule has 9 aromatic carbocycles. The van der Waals surface area contributed by atoms with Crippen molar-refractivity contribution in [3.8, 4) is 50.6 Å². The maximum atomic E-state index is 6.95. The quantitative estimate of drug-likeness (QED) is 0.173. The third-order valence-corrected chi connectivity index (χ3v) is 12.8. The zero-order chi connectivity index (χ0) is 41.9. The van der Waals surface area contributed by atoms with E-state index >= 15 is 0 Å². The molecule has 14 rings (SSSR count). The molecule has 0 aliphatic carbocycles. The van der Waals surface area contributed by atoms with E-state index in [-0.39, 0.29) is 0 Å². The second-order valence-electron chi connectivity index (χ2n) is 16.4. The Morgan fingerprint density at radius 3 is 1.62 bits per heavy atom. The van der Waals surface area contributed by atoms with Crippen LogP contribution in [0, 0.1) is 0 Å². The Balaban J connectivity index is 1.10. The van der Waals surface area contributed by atoms with Crippen LogP contribution in [0.4, 0.5) is 0 Å². The second kappa shape index (κ2) is 13.4. The summed E-state index contributed by atoms with van der Waals surface area (Å²) in [6, 6.07) is 69.8. The van der Waals surface area contributed by atoms with Crippen molar-refractivity contribution in [3.63, 3.8) is 0 Å². The molecule has 298 valence electrons. The number of aromatic nitrogens is 3. The zero-order valence-electron chi connectivity index (χ0n) is 34.1. The van der Waals surface area contributed by atoms with Crippen LogP contribution in [0.25, 0.3) is 138 Å². The fraction of sp³-hybridized carbons (Fsp3) is 0. The van der Waals surface area contributed by atoms with Crippen molar-refractivity contribution in [3.05, 3.63) is 200 Å². The molecule has 0 aliphatic rings. The van der Waals surface area contributed by atoms with E-state index in [4.69, 9.17) is 23.2 Å². The van der Waals surface area contributed by atoms with Gasteiger partial charge in [-0.3, -0.25) is 0 Å². The van der Waals surface area contributed by atoms with Crippen LogP contribution in [0.2, 0.25) is 0 Å². The first-order chi connectivity index (χ1) is 31.7. The Labute approximate surface area is 364 Å². The lowest BCUT2D eigenvalue weighted by Gasteiger charge is -2.21. The standard InChI is InChI=1S/C58H33N3O3/c1-4-16-34(17-5-1)42-30-37(53-57-54(41-24-12-15-27-49(41)63-57)60-58(59-53)36-20-8-3-9-21-36)31-43(35-18-6-2-7-19-35)55(42)61-46-25-13-10-23-40(46)52-47(61)29-28-39-45-32-44-38-22-11-14-26-48(38)62-50(44)33-51(45)64-56(39)52/h1-33H. The van der Waals surface area contributed by atoms with Gasteiger partial charge in [0.1, 0.15) is 39.1 Å². The lowest BCUT2D eigenvalue weighted by Crippen LogP contribution is -2.02. The van der Waals surface area contributed by atoms with Crippen molar-refractivity contribution in [1.29, 1.82) is 0 Å². The molecule has 0 amide bonds. The van der Waals surface area contributed by atoms with Crippen molar-refractivity contribution >= 4 is 87.8 Å². The number of furan rings is 3. The van der Waals surface area contributed by atoms with E-state index in [2.05, 4.69) is 150 Å². The van der Waals surface area contributed by atoms with E-state index < -0.39 is 0 Å². The predicted molar refractivity (Wildman–Crippen MR) is 260 cm³/mol. The first-order valence-electron chi connectivity index (χ1n) is 21.5. The molecule has 5 heterocycles. The first kappa shape index (κ1) is 34.9. The molecule has 5 aromatic heterocycles. The highest BCUT2D eigenvalue weighted by molar-refractivity contribution is 6.26. The molecule has 6 heteroatoms. The molecular formula is C58H33N3O3. The summed E-state index contributed by atoms with van der Waals surface area (Å²) in [5.41, 5.74) is 15.5. The summed E-state index contributed by atoms with van der Waals surface area (Å²) in [5.74, 6) is 0.638. The summed E-state index contributed by atoms with van der Waals surface area (Å²) in [4.78, 5) is 10.5. The number of hydrogen-bond donors (Lipinski definition) is 0. The number of nitrogens with zero attached hydrogens (tertiary/aromatic N) is 3. The number of fused-ring (bicyclic) bond motifs is 13. The number of benzene rings is 9. The molecule has 0 spiro atoms. The molecule has 0 aliphatic heterocycles. The molecular weight excluding hydrogens is 787 g/mol. The molecule has 0 unspecified atom stereocenters. The number of para-hydroxylation sites is 3. The smallest absolute Gasteiger partial charge is 0.180 e. The number of rotatable bonds is 5. The Hall–Kier alpha value is -8.74. The Morgan fingerprint density at radius 2 is 0.906 bits per heavy atom. The average Bonchev–Trinajstić information content (AvgIpc) is 4.12. The fourth-order valence-electron chi connectivity index (χ4n) is 9.94. The highest BCUT2D eigenvalue weighted by Gasteiger charge is 2.26. The normalized spacial score (nSPS) is 12.1. The Morgan fingerprint density at radius 1 is 0.344 bits per heavy atom. The summed E-state index contributed by atoms with van der Waals surface area (Å²) in [6.07, 6.45) is 0. The summed E-state index contributed by atoms with van der Waals surface area (Å²) in [6.45, 7) is 0. The topological polar surface area (TPSA) is 70.1 Å². The highest BCUT2D eigenvalue weighted by atomic mass is 16.3. The van der Waals surface area contributed by atoms with Crippen LogP contribution in [-0.2, 0) is 0 Å². The Bertz CT molecular complexity index is 4120. The third-order valence-electron chi connectivity index (χ3n) is 12.8. The van der Waals surface area contributed by atoms with Gasteiger partial charge in [0.15, 0.2) is 11.4 Å². The van der Waals surface area contributed by atoms with Crippen molar-refractivity contribution in [2.75, 3.05) is 0 Å². The molecule has 0 N–H and O–H groups in total. The average molecular weight is 820 g/mol. The molecule has 0 saturated heterocycles. The van der Waals surface area contributed by atoms with Crippen molar-refractivity contribution in [2.45, 2.75) is 0 Å². The summed E-state index contributed by atoms with van der Waals surface area (Å²) in [5, 5.41) is 7.40. The monoisotopic (exact) mass is 819 g/mol. The van der Waals surface area contributed by atoms with Gasteiger partial charge in [0.2, 0.25) is 0 Å². The maximum absolute atomic E-state index is 6.95. The second-order valence-corrected chi connectivity index (χ2v) is 16.4. The summed E-state index contributed by atoms with van der Waals surface area (Å²) >= 11 is 0. The minimum absolute atomic E-state index is 0.638. The van der Waals surface area contributed by atoms with Crippen LogP contribution in [-0.4, -0.2) is 14.5 Å². The van der Waals surface area contributed by atoms with E-state index in [0.717, 1.165) is 127 Å². The van der Waals surface area contributed by atoms with Gasteiger partial charge >= 0.3 is 0 Å². The fourth-order valence-corrected chi connectivity index (χ4v) is 9.94. The van der Waals surface area contributed by atoms with Crippen molar-refractivity contribution < 1.29 is 13.3 Å². The van der Waals surface area contributed by atoms with E-state index in [1.165, 1.54) is 0 Å². The molecule has 0 bridgehead atoms. The van der Waals surface area contributed by atoms with Crippen molar-refractivity contribution in [1.82, 2.24) is 14.5 Å². The molecule has 6 nitrogen and oxygen atoms in total. The van der Waals surface area contributed by atoms with Gasteiger partial charge in [-0.2, -0.15) is 0 Å². The van der Waals surface area contributed by atoms with Gasteiger partial charge in [-0.05, 0) is 65.7 Å². The summed E-state index contributed by atoms with van der Waals surface area (Å²) < 4.78 is 22.4. The van der Waals surface area contributed by atoms with Crippen LogP contribution in [0.15, 0.2) is 213 Å². The zero-order valence-corrected chi connectivity index (χ0v) is 34.1. The maximum Gasteiger partial charge on any atom is 0.180 e. The molecule has 0 saturated carbocycles. The Kier molecular flexibility index (Phi) is 7.30. The lowest BCUT2D eigenvalue weighted by molar-refractivity contribution is 0.658. The number of hydrogen-bond acceptors (Lipinski definition) is 5. The largest absolute Gasteiger partial charge is 0.456 e. The molecule has 64 heavy (non-hydrogen) atoms. The van der Waals surface area contributed by atoms with Crippen LogP contribution < -0.4 is 0 Å². The van der Waals surface area contributed by atoms with Gasteiger partial charge in [0.25, 0.3) is 0 Å². The van der Waals surface area contributed by atoms with Gasteiger partial charge < -0.3 is 17.8 Å². The summed E-state index contributed by atoms with van der Waals surface area (Å²) in [7, 11) is 0. The molecule has 14 aromatic rings. The lowest BCUT2D eigenvalue weighted by atomic mass is 9.91. The molecule has 0 radical (unpaired) electrons. The minimum atomic E-state index is 0.638. The minimum Gasteiger partial charge on any atom is -0.456 e. The van der Waals surface area contributed by atoms with Crippen LogP contribution >= 0.6 is 0 Å². The van der Waals surface area contributed by atoms with Gasteiger partial charge in [-0.1, -0.05) is 140 Å². The van der Waals surface area contributed by atoms with Gasteiger partial charge in [-0.25, -0.2) is 9.97 Å². The van der Waals surface area contributed by atoms with E-state index in [9.17, 15) is 0 Å². The van der Waals surface area contributed by atoms with Gasteiger partial charge in [0.05, 0.1) is 22.1 Å². The molecule has 0 atom stereocenters. The van der Waals surface area contributed by atoms with Gasteiger partial charge in [-0.15, -0.1) is 0 Å². The van der Waals surface area contributed by atoms with Gasteiger partial charge in [0, 0.05) is 60.6 Å². The highest BCUT2D eigenvalue weighted by Crippen LogP contribution is 2.48. The molecule has 0 fully saturated rings. The van der Waals surface area contributed by atoms with E-state index in [1.54, 1.807) is 0 Å². The van der Waals surface area contributed by atoms with E-state index in [1.807, 2.05) is 54.6 Å². The van der Waals surface area contributed by atoms with Crippen molar-refractivity contribution in [2.24, 2.45) is 0 Å². The van der Waals surface area contributed by atoms with Crippen LogP contribution in [0.5, 0.6) is 0 Å². The SMILES string of the molecule is c1ccc(-c2nc(-c3cc(-c4ccccc4)c(-n4c5ccccc5c5c6oc7cc8oc9ccccc9c8cc7c6ccc54)c(-c4ccccc4)c3)c3oc4ccccc4c3n2)cc1. The van der Waals surface area contributed by atoms with E-state index in [0.29, 0.717) is 11.4 Å².